The van der Waals surface area contributed by atoms with Crippen molar-refractivity contribution in [1.82, 2.24) is 4.98 Å². The van der Waals surface area contributed by atoms with E-state index in [1.807, 2.05) is 0 Å². The average molecular weight is 330 g/mol. The van der Waals surface area contributed by atoms with Gasteiger partial charge in [-0.25, -0.2) is 17.6 Å². The van der Waals surface area contributed by atoms with E-state index < -0.39 is 27.4 Å². The molecule has 0 saturated carbocycles. The third-order valence-corrected chi connectivity index (χ3v) is 4.79. The highest BCUT2D eigenvalue weighted by Gasteiger charge is 2.21. The predicted octanol–water partition coefficient (Wildman–Crippen LogP) is 2.55. The van der Waals surface area contributed by atoms with Gasteiger partial charge in [-0.2, -0.15) is 0 Å². The van der Waals surface area contributed by atoms with Gasteiger partial charge in [-0.15, -0.1) is 0 Å². The molecule has 0 radical (unpaired) electrons. The smallest absolute Gasteiger partial charge is 0.335 e. The Balaban J connectivity index is 2.44. The zero-order chi connectivity index (χ0) is 15.6. The van der Waals surface area contributed by atoms with Crippen molar-refractivity contribution in [2.75, 3.05) is 0 Å². The summed E-state index contributed by atoms with van der Waals surface area (Å²) in [5, 5.41) is 8.80. The molecule has 0 saturated heterocycles. The highest BCUT2D eigenvalue weighted by Crippen LogP contribution is 2.26. The van der Waals surface area contributed by atoms with Crippen LogP contribution >= 0.6 is 11.6 Å². The minimum absolute atomic E-state index is 0.0932. The van der Waals surface area contributed by atoms with E-state index in [1.165, 1.54) is 18.3 Å². The summed E-state index contributed by atoms with van der Waals surface area (Å²) in [6.07, 6.45) is 2.17. The van der Waals surface area contributed by atoms with E-state index in [0.29, 0.717) is 0 Å². The number of nitrogens with zero attached hydrogens (tertiary/aromatic N) is 1. The van der Waals surface area contributed by atoms with Crippen molar-refractivity contribution in [2.45, 2.75) is 10.6 Å². The molecule has 1 aromatic carbocycles. The van der Waals surface area contributed by atoms with Gasteiger partial charge in [0.25, 0.3) is 0 Å². The number of pyridine rings is 1. The first-order chi connectivity index (χ1) is 9.79. The molecule has 1 aromatic heterocycles. The average Bonchev–Trinajstić information content (AvgIpc) is 2.38. The van der Waals surface area contributed by atoms with Crippen LogP contribution in [0, 0.1) is 5.82 Å². The van der Waals surface area contributed by atoms with Crippen LogP contribution in [0.5, 0.6) is 0 Å². The highest BCUT2D eigenvalue weighted by molar-refractivity contribution is 7.90. The van der Waals surface area contributed by atoms with E-state index in [1.54, 1.807) is 0 Å². The summed E-state index contributed by atoms with van der Waals surface area (Å²) in [6, 6.07) is 4.42. The lowest BCUT2D eigenvalue weighted by molar-refractivity contribution is 0.0696. The topological polar surface area (TPSA) is 84.3 Å². The molecule has 0 bridgehead atoms. The standard InChI is InChI=1S/C13H9ClFNO4S/c14-11-2-1-9(13(17)18)4-12(11)21(19,20)7-8-3-10(15)6-16-5-8/h1-6H,7H2,(H,17,18). The van der Waals surface area contributed by atoms with Crippen LogP contribution in [0.2, 0.25) is 5.02 Å². The Bertz CT molecular complexity index is 808. The zero-order valence-electron chi connectivity index (χ0n) is 10.5. The van der Waals surface area contributed by atoms with Crippen molar-refractivity contribution in [3.63, 3.8) is 0 Å². The first-order valence-corrected chi connectivity index (χ1v) is 7.67. The second kappa shape index (κ2) is 5.79. The summed E-state index contributed by atoms with van der Waals surface area (Å²) >= 11 is 5.82. The summed E-state index contributed by atoms with van der Waals surface area (Å²) in [4.78, 5) is 14.1. The monoisotopic (exact) mass is 329 g/mol. The van der Waals surface area contributed by atoms with Crippen molar-refractivity contribution in [1.29, 1.82) is 0 Å². The minimum Gasteiger partial charge on any atom is -0.478 e. The number of carboxylic acid groups (broad SMARTS) is 1. The van der Waals surface area contributed by atoms with Gasteiger partial charge in [0.2, 0.25) is 0 Å². The Kier molecular flexibility index (Phi) is 4.24. The van der Waals surface area contributed by atoms with E-state index in [9.17, 15) is 17.6 Å². The van der Waals surface area contributed by atoms with Gasteiger partial charge in [0.05, 0.1) is 27.4 Å². The van der Waals surface area contributed by atoms with Crippen LogP contribution < -0.4 is 0 Å². The van der Waals surface area contributed by atoms with Crippen LogP contribution in [-0.2, 0) is 15.6 Å². The highest BCUT2D eigenvalue weighted by atomic mass is 35.5. The number of aromatic carboxylic acids is 1. The lowest BCUT2D eigenvalue weighted by atomic mass is 10.2. The number of halogens is 2. The Morgan fingerprint density at radius 3 is 2.62 bits per heavy atom. The van der Waals surface area contributed by atoms with E-state index in [-0.39, 0.29) is 21.0 Å². The fourth-order valence-corrected chi connectivity index (χ4v) is 3.60. The zero-order valence-corrected chi connectivity index (χ0v) is 12.0. The normalized spacial score (nSPS) is 11.3. The van der Waals surface area contributed by atoms with Gasteiger partial charge in [-0.3, -0.25) is 4.98 Å². The third-order valence-electron chi connectivity index (χ3n) is 2.63. The number of carbonyl (C=O) groups is 1. The Hall–Kier alpha value is -1.99. The molecule has 0 amide bonds. The predicted molar refractivity (Wildman–Crippen MR) is 73.5 cm³/mol. The molecule has 0 aliphatic heterocycles. The molecular formula is C13H9ClFNO4S. The summed E-state index contributed by atoms with van der Waals surface area (Å²) in [7, 11) is -3.92. The molecule has 1 heterocycles. The number of benzene rings is 1. The first kappa shape index (κ1) is 15.4. The second-order valence-corrected chi connectivity index (χ2v) is 6.59. The maximum Gasteiger partial charge on any atom is 0.335 e. The van der Waals surface area contributed by atoms with Crippen molar-refractivity contribution in [3.8, 4) is 0 Å². The molecule has 0 unspecified atom stereocenters. The lowest BCUT2D eigenvalue weighted by Gasteiger charge is -2.07. The lowest BCUT2D eigenvalue weighted by Crippen LogP contribution is -2.08. The van der Waals surface area contributed by atoms with Crippen molar-refractivity contribution >= 4 is 27.4 Å². The molecule has 1 N–H and O–H groups in total. The van der Waals surface area contributed by atoms with Crippen molar-refractivity contribution in [2.24, 2.45) is 0 Å². The van der Waals surface area contributed by atoms with Crippen LogP contribution in [0.15, 0.2) is 41.6 Å². The summed E-state index contributed by atoms with van der Waals surface area (Å²) in [5.41, 5.74) is -0.0536. The SMILES string of the molecule is O=C(O)c1ccc(Cl)c(S(=O)(=O)Cc2cncc(F)c2)c1. The number of hydrogen-bond acceptors (Lipinski definition) is 4. The molecule has 110 valence electrons. The van der Waals surface area contributed by atoms with Crippen LogP contribution in [0.25, 0.3) is 0 Å². The fourth-order valence-electron chi connectivity index (χ4n) is 1.71. The summed E-state index contributed by atoms with van der Waals surface area (Å²) in [6.45, 7) is 0. The number of hydrogen-bond donors (Lipinski definition) is 1. The molecule has 21 heavy (non-hydrogen) atoms. The van der Waals surface area contributed by atoms with E-state index >= 15 is 0 Å². The maximum absolute atomic E-state index is 13.0. The molecular weight excluding hydrogens is 321 g/mol. The molecule has 2 rings (SSSR count). The van der Waals surface area contributed by atoms with Crippen molar-refractivity contribution in [3.05, 3.63) is 58.6 Å². The van der Waals surface area contributed by atoms with E-state index in [0.717, 1.165) is 18.3 Å². The number of carboxylic acids is 1. The Morgan fingerprint density at radius 1 is 1.29 bits per heavy atom. The fraction of sp³-hybridized carbons (Fsp3) is 0.0769. The molecule has 5 nitrogen and oxygen atoms in total. The van der Waals surface area contributed by atoms with Gasteiger partial charge in [0.1, 0.15) is 5.82 Å². The minimum atomic E-state index is -3.92. The molecule has 0 aliphatic rings. The Labute approximate surface area is 124 Å². The molecule has 0 atom stereocenters. The van der Waals surface area contributed by atoms with Crippen LogP contribution in [0.1, 0.15) is 15.9 Å². The van der Waals surface area contributed by atoms with Gasteiger partial charge >= 0.3 is 5.97 Å². The van der Waals surface area contributed by atoms with Crippen molar-refractivity contribution < 1.29 is 22.7 Å². The summed E-state index contributed by atoms with van der Waals surface area (Å²) in [5.74, 6) is -2.45. The molecule has 0 aliphatic carbocycles. The Morgan fingerprint density at radius 2 is 2.00 bits per heavy atom. The quantitative estimate of drug-likeness (QED) is 0.931. The number of aromatic nitrogens is 1. The third kappa shape index (κ3) is 3.56. The first-order valence-electron chi connectivity index (χ1n) is 5.64. The summed E-state index contributed by atoms with van der Waals surface area (Å²) < 4.78 is 37.6. The number of sulfone groups is 1. The van der Waals surface area contributed by atoms with Gasteiger partial charge in [-0.05, 0) is 29.8 Å². The maximum atomic E-state index is 13.0. The molecule has 0 spiro atoms. The van der Waals surface area contributed by atoms with Crippen LogP contribution in [-0.4, -0.2) is 24.5 Å². The largest absolute Gasteiger partial charge is 0.478 e. The van der Waals surface area contributed by atoms with Crippen LogP contribution in [0.4, 0.5) is 4.39 Å². The van der Waals surface area contributed by atoms with E-state index in [4.69, 9.17) is 16.7 Å². The van der Waals surface area contributed by atoms with Gasteiger partial charge in [0.15, 0.2) is 9.84 Å². The van der Waals surface area contributed by atoms with Gasteiger partial charge < -0.3 is 5.11 Å². The van der Waals surface area contributed by atoms with E-state index in [2.05, 4.69) is 4.98 Å². The van der Waals surface area contributed by atoms with Gasteiger partial charge in [-0.1, -0.05) is 11.6 Å². The number of rotatable bonds is 4. The molecule has 2 aromatic rings. The molecule has 8 heteroatoms. The second-order valence-electron chi connectivity index (χ2n) is 4.22. The molecule has 0 fully saturated rings. The van der Waals surface area contributed by atoms with Gasteiger partial charge in [0, 0.05) is 6.20 Å². The van der Waals surface area contributed by atoms with Crippen LogP contribution in [0.3, 0.4) is 0 Å².